The first kappa shape index (κ1) is 16.5. The molecular formula is C10H19ClN2O5S. The number of ether oxygens (including phenoxy) is 2. The standard InChI is InChI=1S/C10H19ClN2O5S/c1-2-17-10(14)12-19(15,16)13-6-3-9(4-7-13)18-8-5-11/h9H,2-8H2,1H3,(H,12,14). The highest BCUT2D eigenvalue weighted by Crippen LogP contribution is 2.16. The van der Waals surface area contributed by atoms with Gasteiger partial charge >= 0.3 is 16.3 Å². The van der Waals surface area contributed by atoms with E-state index in [9.17, 15) is 13.2 Å². The maximum Gasteiger partial charge on any atom is 0.421 e. The summed E-state index contributed by atoms with van der Waals surface area (Å²) in [5, 5.41) is 0. The fourth-order valence-electron chi connectivity index (χ4n) is 1.78. The van der Waals surface area contributed by atoms with E-state index in [0.717, 1.165) is 0 Å². The molecule has 1 fully saturated rings. The normalized spacial score (nSPS) is 18.2. The fraction of sp³-hybridized carbons (Fsp3) is 0.900. The van der Waals surface area contributed by atoms with E-state index < -0.39 is 16.3 Å². The molecule has 19 heavy (non-hydrogen) atoms. The van der Waals surface area contributed by atoms with Crippen molar-refractivity contribution in [3.05, 3.63) is 0 Å². The molecule has 1 aliphatic heterocycles. The molecule has 1 rings (SSSR count). The van der Waals surface area contributed by atoms with Crippen molar-refractivity contribution < 1.29 is 22.7 Å². The second kappa shape index (κ2) is 7.88. The van der Waals surface area contributed by atoms with Gasteiger partial charge in [0.05, 0.1) is 19.3 Å². The minimum Gasteiger partial charge on any atom is -0.449 e. The van der Waals surface area contributed by atoms with E-state index in [2.05, 4.69) is 4.74 Å². The Balaban J connectivity index is 2.43. The van der Waals surface area contributed by atoms with Crippen LogP contribution >= 0.6 is 11.6 Å². The van der Waals surface area contributed by atoms with Gasteiger partial charge in [0.1, 0.15) is 0 Å². The number of amides is 1. The summed E-state index contributed by atoms with van der Waals surface area (Å²) in [5.41, 5.74) is 0. The molecule has 0 aliphatic carbocycles. The number of carbonyl (C=O) groups excluding carboxylic acids is 1. The van der Waals surface area contributed by atoms with Crippen molar-refractivity contribution in [2.45, 2.75) is 25.9 Å². The van der Waals surface area contributed by atoms with Crippen LogP contribution in [0.15, 0.2) is 0 Å². The second-order valence-electron chi connectivity index (χ2n) is 3.99. The van der Waals surface area contributed by atoms with Crippen LogP contribution in [0, 0.1) is 0 Å². The number of hydrogen-bond acceptors (Lipinski definition) is 5. The third-order valence-electron chi connectivity index (χ3n) is 2.66. The molecule has 0 bridgehead atoms. The van der Waals surface area contributed by atoms with Gasteiger partial charge in [0.2, 0.25) is 0 Å². The number of hydrogen-bond donors (Lipinski definition) is 1. The third-order valence-corrected chi connectivity index (χ3v) is 4.28. The zero-order chi connectivity index (χ0) is 14.3. The molecule has 0 saturated carbocycles. The average Bonchev–Trinajstić information content (AvgIpc) is 2.36. The smallest absolute Gasteiger partial charge is 0.421 e. The lowest BCUT2D eigenvalue weighted by Gasteiger charge is -2.30. The molecule has 1 amide bonds. The molecule has 1 aliphatic rings. The van der Waals surface area contributed by atoms with Crippen LogP contribution in [0.2, 0.25) is 0 Å². The van der Waals surface area contributed by atoms with Gasteiger partial charge in [-0.05, 0) is 19.8 Å². The summed E-state index contributed by atoms with van der Waals surface area (Å²) in [4.78, 5) is 11.1. The topological polar surface area (TPSA) is 84.9 Å². The lowest BCUT2D eigenvalue weighted by molar-refractivity contribution is 0.0299. The van der Waals surface area contributed by atoms with Crippen LogP contribution in [0.4, 0.5) is 4.79 Å². The lowest BCUT2D eigenvalue weighted by Crippen LogP contribution is -2.48. The summed E-state index contributed by atoms with van der Waals surface area (Å²) in [6.07, 6.45) is 0.233. The van der Waals surface area contributed by atoms with E-state index in [0.29, 0.717) is 38.4 Å². The van der Waals surface area contributed by atoms with Crippen molar-refractivity contribution in [1.29, 1.82) is 0 Å². The number of rotatable bonds is 6. The van der Waals surface area contributed by atoms with Gasteiger partial charge in [0.25, 0.3) is 0 Å². The Morgan fingerprint density at radius 3 is 2.58 bits per heavy atom. The van der Waals surface area contributed by atoms with Gasteiger partial charge in [-0.3, -0.25) is 0 Å². The molecule has 1 heterocycles. The molecule has 0 spiro atoms. The monoisotopic (exact) mass is 314 g/mol. The highest BCUT2D eigenvalue weighted by Gasteiger charge is 2.29. The van der Waals surface area contributed by atoms with Crippen LogP contribution in [0.3, 0.4) is 0 Å². The molecule has 112 valence electrons. The fourth-order valence-corrected chi connectivity index (χ4v) is 2.96. The van der Waals surface area contributed by atoms with Gasteiger partial charge in [-0.15, -0.1) is 11.6 Å². The first-order valence-electron chi connectivity index (χ1n) is 6.11. The van der Waals surface area contributed by atoms with Crippen LogP contribution in [0.5, 0.6) is 0 Å². The largest absolute Gasteiger partial charge is 0.449 e. The Morgan fingerprint density at radius 2 is 2.05 bits per heavy atom. The summed E-state index contributed by atoms with van der Waals surface area (Å²) in [5.74, 6) is 0.420. The SMILES string of the molecule is CCOC(=O)NS(=O)(=O)N1CCC(OCCCl)CC1. The molecule has 1 saturated heterocycles. The first-order chi connectivity index (χ1) is 8.99. The number of piperidine rings is 1. The average molecular weight is 315 g/mol. The summed E-state index contributed by atoms with van der Waals surface area (Å²) in [7, 11) is -3.82. The van der Waals surface area contributed by atoms with Gasteiger partial charge in [0, 0.05) is 19.0 Å². The first-order valence-corrected chi connectivity index (χ1v) is 8.09. The molecule has 9 heteroatoms. The Hall–Kier alpha value is -0.570. The van der Waals surface area contributed by atoms with Crippen molar-refractivity contribution in [1.82, 2.24) is 9.03 Å². The maximum atomic E-state index is 11.8. The number of halogens is 1. The van der Waals surface area contributed by atoms with Crippen molar-refractivity contribution in [3.8, 4) is 0 Å². The number of nitrogens with zero attached hydrogens (tertiary/aromatic N) is 1. The molecular weight excluding hydrogens is 296 g/mol. The predicted molar refractivity (Wildman–Crippen MR) is 70.3 cm³/mol. The van der Waals surface area contributed by atoms with E-state index >= 15 is 0 Å². The summed E-state index contributed by atoms with van der Waals surface area (Å²) in [6, 6.07) is 0. The van der Waals surface area contributed by atoms with Crippen molar-refractivity contribution >= 4 is 27.9 Å². The molecule has 0 aromatic carbocycles. The molecule has 0 aromatic heterocycles. The van der Waals surface area contributed by atoms with E-state index in [1.54, 1.807) is 6.92 Å². The maximum absolute atomic E-state index is 11.8. The zero-order valence-corrected chi connectivity index (χ0v) is 12.4. The van der Waals surface area contributed by atoms with Gasteiger partial charge in [-0.25, -0.2) is 9.52 Å². The molecule has 0 atom stereocenters. The molecule has 1 N–H and O–H groups in total. The van der Waals surface area contributed by atoms with E-state index in [4.69, 9.17) is 16.3 Å². The van der Waals surface area contributed by atoms with Crippen LogP contribution < -0.4 is 4.72 Å². The van der Waals surface area contributed by atoms with Gasteiger partial charge in [-0.1, -0.05) is 0 Å². The zero-order valence-electron chi connectivity index (χ0n) is 10.8. The number of nitrogens with one attached hydrogen (secondary N) is 1. The molecule has 0 aromatic rings. The van der Waals surface area contributed by atoms with Crippen LogP contribution in [-0.4, -0.2) is 57.1 Å². The second-order valence-corrected chi connectivity index (χ2v) is 6.03. The minimum absolute atomic E-state index is 0.0211. The molecule has 0 unspecified atom stereocenters. The van der Waals surface area contributed by atoms with Crippen molar-refractivity contribution in [2.24, 2.45) is 0 Å². The van der Waals surface area contributed by atoms with E-state index in [1.165, 1.54) is 4.31 Å². The van der Waals surface area contributed by atoms with Crippen molar-refractivity contribution in [2.75, 3.05) is 32.2 Å². The van der Waals surface area contributed by atoms with Gasteiger partial charge < -0.3 is 9.47 Å². The van der Waals surface area contributed by atoms with E-state index in [-0.39, 0.29) is 12.7 Å². The summed E-state index contributed by atoms with van der Waals surface area (Å²) in [6.45, 7) is 2.80. The van der Waals surface area contributed by atoms with Gasteiger partial charge in [0.15, 0.2) is 0 Å². The quantitative estimate of drug-likeness (QED) is 0.729. The molecule has 0 radical (unpaired) electrons. The third kappa shape index (κ3) is 5.52. The van der Waals surface area contributed by atoms with Crippen molar-refractivity contribution in [3.63, 3.8) is 0 Å². The Morgan fingerprint density at radius 1 is 1.42 bits per heavy atom. The lowest BCUT2D eigenvalue weighted by atomic mass is 10.1. The molecule has 7 nitrogen and oxygen atoms in total. The number of alkyl halides is 1. The Bertz CT molecular complexity index is 381. The predicted octanol–water partition coefficient (Wildman–Crippen LogP) is 0.697. The van der Waals surface area contributed by atoms with Crippen LogP contribution in [-0.2, 0) is 19.7 Å². The number of carbonyl (C=O) groups is 1. The highest BCUT2D eigenvalue weighted by atomic mass is 35.5. The van der Waals surface area contributed by atoms with Crippen LogP contribution in [0.25, 0.3) is 0 Å². The highest BCUT2D eigenvalue weighted by molar-refractivity contribution is 7.87. The summed E-state index contributed by atoms with van der Waals surface area (Å²) < 4.78 is 36.8. The van der Waals surface area contributed by atoms with Gasteiger partial charge in [-0.2, -0.15) is 12.7 Å². The van der Waals surface area contributed by atoms with Crippen LogP contribution in [0.1, 0.15) is 19.8 Å². The Kier molecular flexibility index (Phi) is 6.84. The summed E-state index contributed by atoms with van der Waals surface area (Å²) >= 11 is 5.52. The minimum atomic E-state index is -3.82. The Labute approximate surface area is 118 Å². The van der Waals surface area contributed by atoms with E-state index in [1.807, 2.05) is 4.72 Å².